The molecule has 0 aliphatic heterocycles. The van der Waals surface area contributed by atoms with E-state index in [-0.39, 0.29) is 5.75 Å². The minimum Gasteiger partial charge on any atom is -0.406 e. The summed E-state index contributed by atoms with van der Waals surface area (Å²) in [7, 11) is 0. The predicted molar refractivity (Wildman–Crippen MR) is 97.9 cm³/mol. The van der Waals surface area contributed by atoms with Crippen molar-refractivity contribution in [1.29, 1.82) is 0 Å². The number of aromatic amines is 1. The number of hydrogen-bond acceptors (Lipinski definition) is 3. The maximum Gasteiger partial charge on any atom is 0.573 e. The maximum absolute atomic E-state index is 12.2. The molecule has 0 bridgehead atoms. The Morgan fingerprint density at radius 1 is 0.926 bits per heavy atom. The molecule has 2 aromatic heterocycles. The lowest BCUT2D eigenvalue weighted by Crippen LogP contribution is -2.16. The third kappa shape index (κ3) is 4.03. The summed E-state index contributed by atoms with van der Waals surface area (Å²) in [6, 6.07) is 19.3. The Morgan fingerprint density at radius 2 is 1.67 bits per heavy atom. The Bertz CT molecular complexity index is 1060. The number of nitrogens with one attached hydrogen (secondary N) is 2. The number of aromatic nitrogens is 2. The Labute approximate surface area is 152 Å². The number of rotatable bonds is 4. The zero-order valence-corrected chi connectivity index (χ0v) is 13.9. The van der Waals surface area contributed by atoms with Crippen LogP contribution in [0.2, 0.25) is 0 Å². The van der Waals surface area contributed by atoms with Crippen molar-refractivity contribution < 1.29 is 17.9 Å². The highest BCUT2D eigenvalue weighted by Gasteiger charge is 2.30. The molecule has 0 radical (unpaired) electrons. The Balaban J connectivity index is 1.54. The fourth-order valence-electron chi connectivity index (χ4n) is 2.76. The number of benzene rings is 2. The zero-order valence-electron chi connectivity index (χ0n) is 13.9. The second kappa shape index (κ2) is 6.68. The molecule has 4 rings (SSSR count). The molecule has 0 unspecified atom stereocenters. The lowest BCUT2D eigenvalue weighted by atomic mass is 10.1. The van der Waals surface area contributed by atoms with Gasteiger partial charge in [0, 0.05) is 29.0 Å². The molecule has 136 valence electrons. The molecule has 0 amide bonds. The molecule has 0 atom stereocenters. The van der Waals surface area contributed by atoms with Gasteiger partial charge in [0.2, 0.25) is 0 Å². The molecule has 0 spiro atoms. The van der Waals surface area contributed by atoms with Gasteiger partial charge in [0.25, 0.3) is 0 Å². The average molecular weight is 369 g/mol. The second-order valence-electron chi connectivity index (χ2n) is 5.90. The van der Waals surface area contributed by atoms with Gasteiger partial charge >= 0.3 is 6.36 Å². The predicted octanol–water partition coefficient (Wildman–Crippen LogP) is 5.87. The number of hydrogen-bond donors (Lipinski definition) is 2. The average Bonchev–Trinajstić information content (AvgIpc) is 3.06. The van der Waals surface area contributed by atoms with Crippen molar-refractivity contribution in [2.24, 2.45) is 0 Å². The van der Waals surface area contributed by atoms with E-state index in [0.717, 1.165) is 22.2 Å². The van der Waals surface area contributed by atoms with Gasteiger partial charge in [-0.2, -0.15) is 0 Å². The molecule has 4 aromatic rings. The molecule has 2 heterocycles. The standard InChI is InChI=1S/C20H14F3N3O/c21-20(22,23)27-16-8-6-15(7-9-16)25-19-11-18-14(12-24-19)10-17(26-18)13-4-2-1-3-5-13/h1-12,26H,(H,24,25). The molecule has 0 saturated heterocycles. The number of alkyl halides is 3. The lowest BCUT2D eigenvalue weighted by Gasteiger charge is -2.10. The molecule has 27 heavy (non-hydrogen) atoms. The van der Waals surface area contributed by atoms with Crippen LogP contribution in [0.5, 0.6) is 5.75 Å². The van der Waals surface area contributed by atoms with Crippen LogP contribution in [-0.2, 0) is 0 Å². The van der Waals surface area contributed by atoms with E-state index < -0.39 is 6.36 Å². The van der Waals surface area contributed by atoms with Crippen LogP contribution in [0.25, 0.3) is 22.2 Å². The first kappa shape index (κ1) is 17.0. The van der Waals surface area contributed by atoms with Crippen LogP contribution in [0.3, 0.4) is 0 Å². The summed E-state index contributed by atoms with van der Waals surface area (Å²) in [5, 5.41) is 4.03. The summed E-state index contributed by atoms with van der Waals surface area (Å²) in [6.07, 6.45) is -2.96. The van der Waals surface area contributed by atoms with Gasteiger partial charge in [0.1, 0.15) is 11.6 Å². The summed E-state index contributed by atoms with van der Waals surface area (Å²) in [5.41, 5.74) is 3.57. The van der Waals surface area contributed by atoms with Crippen LogP contribution >= 0.6 is 0 Å². The number of fused-ring (bicyclic) bond motifs is 1. The van der Waals surface area contributed by atoms with Crippen molar-refractivity contribution in [1.82, 2.24) is 9.97 Å². The minimum absolute atomic E-state index is 0.270. The number of halogens is 3. The van der Waals surface area contributed by atoms with Gasteiger partial charge in [-0.1, -0.05) is 30.3 Å². The Morgan fingerprint density at radius 3 is 2.37 bits per heavy atom. The van der Waals surface area contributed by atoms with Gasteiger partial charge < -0.3 is 15.0 Å². The van der Waals surface area contributed by atoms with Gasteiger partial charge in [-0.3, -0.25) is 0 Å². The third-order valence-corrected chi connectivity index (χ3v) is 3.95. The topological polar surface area (TPSA) is 49.9 Å². The first-order valence-corrected chi connectivity index (χ1v) is 8.13. The van der Waals surface area contributed by atoms with E-state index in [4.69, 9.17) is 0 Å². The first-order valence-electron chi connectivity index (χ1n) is 8.13. The van der Waals surface area contributed by atoms with Gasteiger partial charge in [-0.25, -0.2) is 4.98 Å². The van der Waals surface area contributed by atoms with Crippen LogP contribution in [0, 0.1) is 0 Å². The largest absolute Gasteiger partial charge is 0.573 e. The molecule has 0 aliphatic rings. The van der Waals surface area contributed by atoms with E-state index in [1.807, 2.05) is 42.5 Å². The maximum atomic E-state index is 12.2. The van der Waals surface area contributed by atoms with Gasteiger partial charge in [0.05, 0.1) is 5.52 Å². The molecule has 0 fully saturated rings. The molecule has 4 nitrogen and oxygen atoms in total. The quantitative estimate of drug-likeness (QED) is 0.473. The van der Waals surface area contributed by atoms with E-state index >= 15 is 0 Å². The molecule has 7 heteroatoms. The number of nitrogens with zero attached hydrogens (tertiary/aromatic N) is 1. The van der Waals surface area contributed by atoms with Crippen molar-refractivity contribution >= 4 is 22.4 Å². The SMILES string of the molecule is FC(F)(F)Oc1ccc(Nc2cc3[nH]c(-c4ccccc4)cc3cn2)cc1. The van der Waals surface area contributed by atoms with Crippen molar-refractivity contribution in [2.75, 3.05) is 5.32 Å². The summed E-state index contributed by atoms with van der Waals surface area (Å²) in [6.45, 7) is 0. The van der Waals surface area contributed by atoms with E-state index in [1.54, 1.807) is 6.20 Å². The monoisotopic (exact) mass is 369 g/mol. The molecule has 0 aliphatic carbocycles. The Hall–Kier alpha value is -3.48. The van der Waals surface area contributed by atoms with Crippen LogP contribution < -0.4 is 10.1 Å². The highest BCUT2D eigenvalue weighted by Crippen LogP contribution is 2.27. The number of pyridine rings is 1. The lowest BCUT2D eigenvalue weighted by molar-refractivity contribution is -0.274. The van der Waals surface area contributed by atoms with Gasteiger partial charge in [0.15, 0.2) is 0 Å². The summed E-state index contributed by atoms with van der Waals surface area (Å²) < 4.78 is 40.5. The van der Waals surface area contributed by atoms with E-state index in [9.17, 15) is 13.2 Å². The summed E-state index contributed by atoms with van der Waals surface area (Å²) in [5.74, 6) is 0.307. The molecule has 2 aromatic carbocycles. The van der Waals surface area contributed by atoms with Gasteiger partial charge in [-0.15, -0.1) is 13.2 Å². The van der Waals surface area contributed by atoms with Crippen molar-refractivity contribution in [2.45, 2.75) is 6.36 Å². The molecular formula is C20H14F3N3O. The number of ether oxygens (including phenoxy) is 1. The highest BCUT2D eigenvalue weighted by atomic mass is 19.4. The summed E-state index contributed by atoms with van der Waals surface area (Å²) >= 11 is 0. The van der Waals surface area contributed by atoms with Crippen molar-refractivity contribution in [3.63, 3.8) is 0 Å². The molecule has 2 N–H and O–H groups in total. The molecule has 0 saturated carbocycles. The fraction of sp³-hybridized carbons (Fsp3) is 0.0500. The highest BCUT2D eigenvalue weighted by molar-refractivity contribution is 5.87. The van der Waals surface area contributed by atoms with Crippen LogP contribution in [0.1, 0.15) is 0 Å². The summed E-state index contributed by atoms with van der Waals surface area (Å²) in [4.78, 5) is 7.70. The van der Waals surface area contributed by atoms with Crippen LogP contribution in [0.4, 0.5) is 24.7 Å². The van der Waals surface area contributed by atoms with Crippen molar-refractivity contribution in [3.8, 4) is 17.0 Å². The van der Waals surface area contributed by atoms with Crippen LogP contribution in [-0.4, -0.2) is 16.3 Å². The van der Waals surface area contributed by atoms with Crippen molar-refractivity contribution in [3.05, 3.63) is 72.9 Å². The fourth-order valence-corrected chi connectivity index (χ4v) is 2.76. The first-order chi connectivity index (χ1) is 13.0. The van der Waals surface area contributed by atoms with E-state index in [0.29, 0.717) is 11.5 Å². The second-order valence-corrected chi connectivity index (χ2v) is 5.90. The normalized spacial score (nSPS) is 11.5. The van der Waals surface area contributed by atoms with Gasteiger partial charge in [-0.05, 0) is 35.9 Å². The number of anilines is 2. The third-order valence-electron chi connectivity index (χ3n) is 3.95. The minimum atomic E-state index is -4.70. The zero-order chi connectivity index (χ0) is 18.9. The Kier molecular flexibility index (Phi) is 4.19. The molecular weight excluding hydrogens is 355 g/mol. The van der Waals surface area contributed by atoms with E-state index in [1.165, 1.54) is 24.3 Å². The number of H-pyrrole nitrogens is 1. The van der Waals surface area contributed by atoms with E-state index in [2.05, 4.69) is 20.0 Å². The van der Waals surface area contributed by atoms with Crippen LogP contribution in [0.15, 0.2) is 72.9 Å². The smallest absolute Gasteiger partial charge is 0.406 e.